The van der Waals surface area contributed by atoms with Crippen molar-refractivity contribution in [2.75, 3.05) is 0 Å². The standard InChI is InChI=1S/C14H16N4O/c1-9-8-13(10(2)7-12(9)15)16-17-14-6-4-5-11(3)18(14)19/h4-8,15,19H,1-3H3. The van der Waals surface area contributed by atoms with Gasteiger partial charge in [-0.25, -0.2) is 0 Å². The van der Waals surface area contributed by atoms with Crippen LogP contribution in [0.25, 0.3) is 0 Å². The molecule has 2 N–H and O–H groups in total. The van der Waals surface area contributed by atoms with Crippen LogP contribution in [-0.2, 0) is 0 Å². The van der Waals surface area contributed by atoms with E-state index in [0.717, 1.165) is 15.9 Å². The fourth-order valence-corrected chi connectivity index (χ4v) is 1.68. The number of nitrogens with zero attached hydrogens (tertiary/aromatic N) is 3. The number of allylic oxidation sites excluding steroid dienone is 4. The van der Waals surface area contributed by atoms with Gasteiger partial charge in [0, 0.05) is 0 Å². The summed E-state index contributed by atoms with van der Waals surface area (Å²) in [6.07, 6.45) is 3.58. The predicted molar refractivity (Wildman–Crippen MR) is 74.6 cm³/mol. The van der Waals surface area contributed by atoms with E-state index in [4.69, 9.17) is 5.41 Å². The Labute approximate surface area is 111 Å². The van der Waals surface area contributed by atoms with E-state index in [0.29, 0.717) is 22.6 Å². The van der Waals surface area contributed by atoms with Crippen molar-refractivity contribution in [1.82, 2.24) is 4.73 Å². The first kappa shape index (κ1) is 13.0. The minimum absolute atomic E-state index is 0.368. The molecular weight excluding hydrogens is 240 g/mol. The zero-order chi connectivity index (χ0) is 14.0. The zero-order valence-electron chi connectivity index (χ0n) is 11.2. The summed E-state index contributed by atoms with van der Waals surface area (Å²) < 4.78 is 0.991. The molecule has 0 radical (unpaired) electrons. The summed E-state index contributed by atoms with van der Waals surface area (Å²) in [7, 11) is 0. The van der Waals surface area contributed by atoms with Crippen LogP contribution in [0.2, 0.25) is 0 Å². The molecule has 0 fully saturated rings. The smallest absolute Gasteiger partial charge is 0.190 e. The molecule has 0 amide bonds. The SMILES string of the molecule is CC1=CC(=NN=c2cccc(C)n2O)C(C)=CC1=N. The van der Waals surface area contributed by atoms with Crippen molar-refractivity contribution in [2.24, 2.45) is 10.2 Å². The molecule has 0 unspecified atom stereocenters. The molecule has 1 aromatic heterocycles. The number of rotatable bonds is 1. The monoisotopic (exact) mass is 256 g/mol. The number of hydrogen-bond donors (Lipinski definition) is 2. The van der Waals surface area contributed by atoms with Gasteiger partial charge in [-0.15, -0.1) is 10.2 Å². The van der Waals surface area contributed by atoms with Crippen LogP contribution in [0, 0.1) is 12.3 Å². The first-order valence-corrected chi connectivity index (χ1v) is 5.94. The second kappa shape index (κ2) is 5.06. The van der Waals surface area contributed by atoms with Gasteiger partial charge in [-0.3, -0.25) is 0 Å². The molecule has 0 bridgehead atoms. The Hall–Kier alpha value is -2.43. The molecule has 5 heteroatoms. The van der Waals surface area contributed by atoms with Crippen LogP contribution in [-0.4, -0.2) is 21.4 Å². The molecule has 1 heterocycles. The molecule has 0 aliphatic heterocycles. The second-order valence-corrected chi connectivity index (χ2v) is 4.49. The number of aromatic nitrogens is 1. The van der Waals surface area contributed by atoms with E-state index in [-0.39, 0.29) is 0 Å². The lowest BCUT2D eigenvalue weighted by atomic mass is 9.98. The first-order chi connectivity index (χ1) is 8.99. The maximum absolute atomic E-state index is 9.78. The summed E-state index contributed by atoms with van der Waals surface area (Å²) in [4.78, 5) is 0. The topological polar surface area (TPSA) is 73.7 Å². The lowest BCUT2D eigenvalue weighted by molar-refractivity contribution is 0.165. The number of nitrogens with one attached hydrogen (secondary N) is 1. The van der Waals surface area contributed by atoms with Gasteiger partial charge in [0.1, 0.15) is 0 Å². The summed E-state index contributed by atoms with van der Waals surface area (Å²) in [5.74, 6) is 0. The average molecular weight is 256 g/mol. The van der Waals surface area contributed by atoms with Crippen LogP contribution in [0.4, 0.5) is 0 Å². The molecule has 2 rings (SSSR count). The van der Waals surface area contributed by atoms with E-state index in [1.807, 2.05) is 19.9 Å². The summed E-state index contributed by atoms with van der Waals surface area (Å²) in [6, 6.07) is 5.27. The van der Waals surface area contributed by atoms with Gasteiger partial charge >= 0.3 is 0 Å². The molecule has 0 aromatic carbocycles. The fourth-order valence-electron chi connectivity index (χ4n) is 1.68. The van der Waals surface area contributed by atoms with Crippen LogP contribution >= 0.6 is 0 Å². The van der Waals surface area contributed by atoms with Crippen LogP contribution in [0.3, 0.4) is 0 Å². The van der Waals surface area contributed by atoms with Gasteiger partial charge in [0.2, 0.25) is 0 Å². The highest BCUT2D eigenvalue weighted by atomic mass is 16.5. The molecule has 98 valence electrons. The quantitative estimate of drug-likeness (QED) is 0.451. The normalized spacial score (nSPS) is 18.6. The van der Waals surface area contributed by atoms with Crippen molar-refractivity contribution in [1.29, 1.82) is 5.41 Å². The van der Waals surface area contributed by atoms with Crippen molar-refractivity contribution in [2.45, 2.75) is 20.8 Å². The largest absolute Gasteiger partial charge is 0.427 e. The van der Waals surface area contributed by atoms with Crippen LogP contribution in [0.15, 0.2) is 51.7 Å². The van der Waals surface area contributed by atoms with Gasteiger partial charge in [-0.05, 0) is 56.2 Å². The summed E-state index contributed by atoms with van der Waals surface area (Å²) in [5.41, 5.74) is 3.98. The third-order valence-corrected chi connectivity index (χ3v) is 2.94. The van der Waals surface area contributed by atoms with Gasteiger partial charge in [0.15, 0.2) is 5.49 Å². The maximum atomic E-state index is 9.78. The molecule has 1 aliphatic carbocycles. The van der Waals surface area contributed by atoms with E-state index < -0.39 is 0 Å². The van der Waals surface area contributed by atoms with Crippen molar-refractivity contribution in [3.8, 4) is 0 Å². The van der Waals surface area contributed by atoms with Crippen molar-refractivity contribution < 1.29 is 5.21 Å². The average Bonchev–Trinajstić information content (AvgIpc) is 2.37. The third-order valence-electron chi connectivity index (χ3n) is 2.94. The van der Waals surface area contributed by atoms with Gasteiger partial charge in [0.05, 0.1) is 17.1 Å². The Morgan fingerprint density at radius 3 is 2.53 bits per heavy atom. The van der Waals surface area contributed by atoms with Crippen molar-refractivity contribution in [3.05, 3.63) is 52.7 Å². The molecule has 1 aliphatic rings. The summed E-state index contributed by atoms with van der Waals surface area (Å²) in [6.45, 7) is 5.53. The van der Waals surface area contributed by atoms with E-state index in [1.54, 1.807) is 31.2 Å². The number of aryl methyl sites for hydroxylation is 1. The van der Waals surface area contributed by atoms with E-state index in [1.165, 1.54) is 0 Å². The van der Waals surface area contributed by atoms with Crippen molar-refractivity contribution >= 4 is 11.4 Å². The number of pyridine rings is 1. The molecular formula is C14H16N4O. The molecule has 0 spiro atoms. The Bertz CT molecular complexity index is 690. The second-order valence-electron chi connectivity index (χ2n) is 4.49. The van der Waals surface area contributed by atoms with Crippen LogP contribution in [0.5, 0.6) is 0 Å². The lowest BCUT2D eigenvalue weighted by Gasteiger charge is -2.09. The van der Waals surface area contributed by atoms with Gasteiger partial charge in [0.25, 0.3) is 0 Å². The Balaban J connectivity index is 2.46. The van der Waals surface area contributed by atoms with Crippen LogP contribution < -0.4 is 5.49 Å². The Morgan fingerprint density at radius 1 is 1.05 bits per heavy atom. The van der Waals surface area contributed by atoms with Crippen molar-refractivity contribution in [3.63, 3.8) is 0 Å². The highest BCUT2D eigenvalue weighted by Crippen LogP contribution is 2.12. The van der Waals surface area contributed by atoms with Gasteiger partial charge < -0.3 is 10.6 Å². The number of hydrogen-bond acceptors (Lipinski definition) is 4. The minimum Gasteiger partial charge on any atom is -0.427 e. The molecule has 0 saturated carbocycles. The highest BCUT2D eigenvalue weighted by Gasteiger charge is 2.09. The van der Waals surface area contributed by atoms with E-state index in [9.17, 15) is 5.21 Å². The van der Waals surface area contributed by atoms with E-state index >= 15 is 0 Å². The predicted octanol–water partition coefficient (Wildman–Crippen LogP) is 2.22. The lowest BCUT2D eigenvalue weighted by Crippen LogP contribution is -2.20. The van der Waals surface area contributed by atoms with Gasteiger partial charge in [-0.2, -0.15) is 4.73 Å². The van der Waals surface area contributed by atoms with Crippen LogP contribution in [0.1, 0.15) is 19.5 Å². The van der Waals surface area contributed by atoms with Gasteiger partial charge in [-0.1, -0.05) is 6.07 Å². The highest BCUT2D eigenvalue weighted by molar-refractivity contribution is 6.22. The fraction of sp³-hybridized carbons (Fsp3) is 0.214. The Kier molecular flexibility index (Phi) is 3.46. The molecule has 0 atom stereocenters. The Morgan fingerprint density at radius 2 is 1.79 bits per heavy atom. The molecule has 19 heavy (non-hydrogen) atoms. The van der Waals surface area contributed by atoms with E-state index in [2.05, 4.69) is 10.2 Å². The summed E-state index contributed by atoms with van der Waals surface area (Å²) >= 11 is 0. The minimum atomic E-state index is 0.368. The maximum Gasteiger partial charge on any atom is 0.190 e. The molecule has 0 saturated heterocycles. The zero-order valence-corrected chi connectivity index (χ0v) is 11.2. The molecule has 1 aromatic rings. The third kappa shape index (κ3) is 2.70. The first-order valence-electron chi connectivity index (χ1n) is 5.94. The molecule has 5 nitrogen and oxygen atoms in total. The summed E-state index contributed by atoms with van der Waals surface area (Å²) in [5, 5.41) is 25.7.